The zero-order valence-electron chi connectivity index (χ0n) is 15.2. The van der Waals surface area contributed by atoms with Crippen LogP contribution in [0.15, 0.2) is 48.5 Å². The third-order valence-electron chi connectivity index (χ3n) is 4.77. The molecule has 2 aromatic rings. The van der Waals surface area contributed by atoms with E-state index in [0.717, 1.165) is 31.5 Å². The predicted molar refractivity (Wildman–Crippen MR) is 105 cm³/mol. The maximum atomic E-state index is 12.9. The van der Waals surface area contributed by atoms with Crippen molar-refractivity contribution in [2.75, 3.05) is 26.2 Å². The molecule has 6 heteroatoms. The van der Waals surface area contributed by atoms with Gasteiger partial charge >= 0.3 is 0 Å². The Kier molecular flexibility index (Phi) is 7.07. The number of nitrogens with one attached hydrogen (secondary N) is 1. The highest BCUT2D eigenvalue weighted by Crippen LogP contribution is 2.29. The molecule has 0 saturated carbocycles. The van der Waals surface area contributed by atoms with Crippen LogP contribution in [0.3, 0.4) is 0 Å². The van der Waals surface area contributed by atoms with E-state index in [1.54, 1.807) is 0 Å². The molecule has 2 aromatic carbocycles. The highest BCUT2D eigenvalue weighted by Gasteiger charge is 2.24. The van der Waals surface area contributed by atoms with E-state index in [0.29, 0.717) is 17.3 Å². The Hall–Kier alpha value is -2.11. The molecule has 1 aliphatic heterocycles. The molecule has 0 unspecified atom stereocenters. The first kappa shape index (κ1) is 19.6. The third kappa shape index (κ3) is 5.68. The van der Waals surface area contributed by atoms with Crippen molar-refractivity contribution in [2.45, 2.75) is 25.3 Å². The number of carbonyl (C=O) groups is 1. The molecule has 1 amide bonds. The molecule has 1 N–H and O–H groups in total. The van der Waals surface area contributed by atoms with Gasteiger partial charge in [0, 0.05) is 11.6 Å². The van der Waals surface area contributed by atoms with Crippen molar-refractivity contribution >= 4 is 17.5 Å². The van der Waals surface area contributed by atoms with Crippen LogP contribution in [0.5, 0.6) is 5.75 Å². The minimum Gasteiger partial charge on any atom is -0.484 e. The summed E-state index contributed by atoms with van der Waals surface area (Å²) < 4.78 is 18.3. The molecule has 27 heavy (non-hydrogen) atoms. The number of nitrogens with zero attached hydrogens (tertiary/aromatic N) is 1. The molecule has 0 bridgehead atoms. The molecule has 0 spiro atoms. The Bertz CT molecular complexity index is 748. The van der Waals surface area contributed by atoms with Crippen molar-refractivity contribution in [3.8, 4) is 5.75 Å². The average molecular weight is 391 g/mol. The zero-order chi connectivity index (χ0) is 19.1. The summed E-state index contributed by atoms with van der Waals surface area (Å²) in [6, 6.07) is 13.4. The summed E-state index contributed by atoms with van der Waals surface area (Å²) in [5.74, 6) is -0.0884. The standard InChI is InChI=1S/C21H24ClFN2O2/c22-19-7-3-2-6-18(19)20(25-12-4-1-5-13-25)14-24-21(26)15-27-17-10-8-16(23)9-11-17/h2-3,6-11,20H,1,4-5,12-15H2,(H,24,26)/t20-/m1/s1. The highest BCUT2D eigenvalue weighted by molar-refractivity contribution is 6.31. The number of piperidine rings is 1. The quantitative estimate of drug-likeness (QED) is 0.770. The fourth-order valence-electron chi connectivity index (χ4n) is 3.35. The second-order valence-corrected chi connectivity index (χ2v) is 7.09. The van der Waals surface area contributed by atoms with Gasteiger partial charge in [0.2, 0.25) is 0 Å². The van der Waals surface area contributed by atoms with Crippen LogP contribution in [0.25, 0.3) is 0 Å². The number of hydrogen-bond acceptors (Lipinski definition) is 3. The predicted octanol–water partition coefficient (Wildman–Crippen LogP) is 4.20. The molecule has 1 aliphatic rings. The van der Waals surface area contributed by atoms with Gasteiger partial charge in [-0.2, -0.15) is 0 Å². The molecule has 1 saturated heterocycles. The Morgan fingerprint density at radius 2 is 1.81 bits per heavy atom. The molecular weight excluding hydrogens is 367 g/mol. The van der Waals surface area contributed by atoms with Crippen LogP contribution in [0.1, 0.15) is 30.9 Å². The minimum absolute atomic E-state index is 0.0359. The van der Waals surface area contributed by atoms with Gasteiger partial charge in [-0.3, -0.25) is 9.69 Å². The summed E-state index contributed by atoms with van der Waals surface area (Å²) in [6.45, 7) is 2.35. The van der Waals surface area contributed by atoms with Gasteiger partial charge in [0.25, 0.3) is 5.91 Å². The Morgan fingerprint density at radius 3 is 2.52 bits per heavy atom. The van der Waals surface area contributed by atoms with Crippen LogP contribution >= 0.6 is 11.6 Å². The Balaban J connectivity index is 1.59. The summed E-state index contributed by atoms with van der Waals surface area (Å²) >= 11 is 6.41. The topological polar surface area (TPSA) is 41.6 Å². The summed E-state index contributed by atoms with van der Waals surface area (Å²) in [5, 5.41) is 3.66. The van der Waals surface area contributed by atoms with E-state index in [1.807, 2.05) is 24.3 Å². The molecule has 3 rings (SSSR count). The first-order chi connectivity index (χ1) is 13.1. The highest BCUT2D eigenvalue weighted by atomic mass is 35.5. The van der Waals surface area contributed by atoms with E-state index in [-0.39, 0.29) is 24.4 Å². The first-order valence-corrected chi connectivity index (χ1v) is 9.65. The van der Waals surface area contributed by atoms with Crippen LogP contribution in [-0.2, 0) is 4.79 Å². The fraction of sp³-hybridized carbons (Fsp3) is 0.381. The van der Waals surface area contributed by atoms with Crippen molar-refractivity contribution in [2.24, 2.45) is 0 Å². The van der Waals surface area contributed by atoms with Crippen LogP contribution in [0, 0.1) is 5.82 Å². The molecular formula is C21H24ClFN2O2. The van der Waals surface area contributed by atoms with Gasteiger partial charge in [-0.25, -0.2) is 4.39 Å². The number of ether oxygens (including phenoxy) is 1. The van der Waals surface area contributed by atoms with E-state index in [9.17, 15) is 9.18 Å². The van der Waals surface area contributed by atoms with Gasteiger partial charge in [0.1, 0.15) is 11.6 Å². The van der Waals surface area contributed by atoms with Crippen molar-refractivity contribution < 1.29 is 13.9 Å². The zero-order valence-corrected chi connectivity index (χ0v) is 15.9. The lowest BCUT2D eigenvalue weighted by Crippen LogP contribution is -2.41. The van der Waals surface area contributed by atoms with Crippen LogP contribution in [-0.4, -0.2) is 37.0 Å². The van der Waals surface area contributed by atoms with Gasteiger partial charge in [-0.15, -0.1) is 0 Å². The van der Waals surface area contributed by atoms with Gasteiger partial charge in [0.15, 0.2) is 6.61 Å². The number of halogens is 2. The monoisotopic (exact) mass is 390 g/mol. The first-order valence-electron chi connectivity index (χ1n) is 9.27. The lowest BCUT2D eigenvalue weighted by atomic mass is 10.0. The number of benzene rings is 2. The minimum atomic E-state index is -0.337. The van der Waals surface area contributed by atoms with Crippen molar-refractivity contribution in [3.63, 3.8) is 0 Å². The third-order valence-corrected chi connectivity index (χ3v) is 5.12. The molecule has 144 valence electrons. The maximum absolute atomic E-state index is 12.9. The summed E-state index contributed by atoms with van der Waals surface area (Å²) in [6.07, 6.45) is 3.55. The van der Waals surface area contributed by atoms with E-state index >= 15 is 0 Å². The second kappa shape index (κ2) is 9.72. The van der Waals surface area contributed by atoms with Gasteiger partial charge in [-0.1, -0.05) is 36.2 Å². The lowest BCUT2D eigenvalue weighted by molar-refractivity contribution is -0.123. The summed E-state index contributed by atoms with van der Waals surface area (Å²) in [7, 11) is 0. The molecule has 0 aliphatic carbocycles. The van der Waals surface area contributed by atoms with Crippen LogP contribution in [0.4, 0.5) is 4.39 Å². The molecule has 0 radical (unpaired) electrons. The lowest BCUT2D eigenvalue weighted by Gasteiger charge is -2.35. The molecule has 0 aromatic heterocycles. The molecule has 4 nitrogen and oxygen atoms in total. The normalized spacial score (nSPS) is 15.9. The molecule has 1 atom stereocenters. The number of rotatable bonds is 7. The van der Waals surface area contributed by atoms with E-state index in [2.05, 4.69) is 10.2 Å². The largest absolute Gasteiger partial charge is 0.484 e. The van der Waals surface area contributed by atoms with Crippen LogP contribution < -0.4 is 10.1 Å². The van der Waals surface area contributed by atoms with Crippen molar-refractivity contribution in [3.05, 3.63) is 64.9 Å². The van der Waals surface area contributed by atoms with Gasteiger partial charge in [-0.05, 0) is 61.8 Å². The summed E-state index contributed by atoms with van der Waals surface area (Å²) in [4.78, 5) is 14.6. The fourth-order valence-corrected chi connectivity index (χ4v) is 3.61. The number of carbonyl (C=O) groups excluding carboxylic acids is 1. The van der Waals surface area contributed by atoms with Gasteiger partial charge in [0.05, 0.1) is 6.04 Å². The van der Waals surface area contributed by atoms with E-state index < -0.39 is 0 Å². The van der Waals surface area contributed by atoms with Gasteiger partial charge < -0.3 is 10.1 Å². The van der Waals surface area contributed by atoms with E-state index in [1.165, 1.54) is 30.7 Å². The van der Waals surface area contributed by atoms with Crippen molar-refractivity contribution in [1.82, 2.24) is 10.2 Å². The Labute approximate surface area is 164 Å². The smallest absolute Gasteiger partial charge is 0.258 e. The van der Waals surface area contributed by atoms with Crippen LogP contribution in [0.2, 0.25) is 5.02 Å². The number of likely N-dealkylation sites (tertiary alicyclic amines) is 1. The Morgan fingerprint density at radius 1 is 1.11 bits per heavy atom. The average Bonchev–Trinajstić information content (AvgIpc) is 2.70. The van der Waals surface area contributed by atoms with Crippen molar-refractivity contribution in [1.29, 1.82) is 0 Å². The molecule has 1 heterocycles. The van der Waals surface area contributed by atoms with E-state index in [4.69, 9.17) is 16.3 Å². The molecule has 1 fully saturated rings. The SMILES string of the molecule is O=C(COc1ccc(F)cc1)NC[C@H](c1ccccc1Cl)N1CCCCC1. The number of hydrogen-bond donors (Lipinski definition) is 1. The maximum Gasteiger partial charge on any atom is 0.258 e. The number of amides is 1. The summed E-state index contributed by atoms with van der Waals surface area (Å²) in [5.41, 5.74) is 1.03. The second-order valence-electron chi connectivity index (χ2n) is 6.68.